The molecule has 238 valence electrons. The number of thioether (sulfide) groups is 1. The number of hydrogen-bond donors (Lipinski definition) is 6. The molecule has 1 aromatic carbocycles. The van der Waals surface area contributed by atoms with Gasteiger partial charge in [-0.2, -0.15) is 0 Å². The SMILES string of the molecule is N=C(C(=O)N[C@@H]1C(=O)N2C(C(=O)O)=C(C[N+]3(CCN4CCc5c(cc(O)c(O)c5Cl)C4=O)CCCC3)CS[C@H]12)c1csc(N)n1. The van der Waals surface area contributed by atoms with Crippen molar-refractivity contribution in [2.24, 2.45) is 0 Å². The molecule has 0 saturated carbocycles. The normalized spacial score (nSPS) is 22.2. The number of aromatic nitrogens is 1. The van der Waals surface area contributed by atoms with Crippen LogP contribution in [0.4, 0.5) is 5.13 Å². The monoisotopic (exact) mass is 676 g/mol. The van der Waals surface area contributed by atoms with Crippen molar-refractivity contribution in [1.82, 2.24) is 20.1 Å². The van der Waals surface area contributed by atoms with Crippen molar-refractivity contribution in [3.05, 3.63) is 44.6 Å². The first-order chi connectivity index (χ1) is 21.4. The topological polar surface area (TPSA) is 210 Å². The van der Waals surface area contributed by atoms with Crippen molar-refractivity contribution in [1.29, 1.82) is 5.41 Å². The fourth-order valence-corrected chi connectivity index (χ4v) is 8.76. The molecule has 2 fully saturated rings. The number of aromatic hydroxyl groups is 2. The molecule has 4 aliphatic rings. The van der Waals surface area contributed by atoms with E-state index >= 15 is 0 Å². The number of halogens is 1. The number of aliphatic carboxylic acids is 1. The Morgan fingerprint density at radius 2 is 1.98 bits per heavy atom. The summed E-state index contributed by atoms with van der Waals surface area (Å²) in [6.07, 6.45) is 2.31. The van der Waals surface area contributed by atoms with Gasteiger partial charge in [0.25, 0.3) is 17.7 Å². The number of amides is 3. The number of fused-ring (bicyclic) bond motifs is 2. The number of carbonyl (C=O) groups is 4. The molecule has 0 unspecified atom stereocenters. The lowest BCUT2D eigenvalue weighted by Gasteiger charge is -2.50. The molecular formula is C28H31ClN7O7S2+. The number of carboxylic acids is 1. The molecule has 2 aromatic rings. The summed E-state index contributed by atoms with van der Waals surface area (Å²) >= 11 is 8.64. The van der Waals surface area contributed by atoms with Gasteiger partial charge < -0.3 is 35.8 Å². The first kappa shape index (κ1) is 31.1. The predicted octanol–water partition coefficient (Wildman–Crippen LogP) is 1.21. The van der Waals surface area contributed by atoms with Gasteiger partial charge in [-0.1, -0.05) is 11.6 Å². The zero-order chi connectivity index (χ0) is 32.2. The summed E-state index contributed by atoms with van der Waals surface area (Å²) in [6.45, 7) is 3.34. The van der Waals surface area contributed by atoms with Gasteiger partial charge in [0.05, 0.1) is 31.2 Å². The Balaban J connectivity index is 1.16. The minimum absolute atomic E-state index is 0.0208. The quantitative estimate of drug-likeness (QED) is 0.0967. The van der Waals surface area contributed by atoms with E-state index in [0.29, 0.717) is 54.0 Å². The van der Waals surface area contributed by atoms with E-state index < -0.39 is 46.4 Å². The number of phenols is 2. The molecule has 0 aliphatic carbocycles. The first-order valence-electron chi connectivity index (χ1n) is 14.3. The molecule has 5 heterocycles. The van der Waals surface area contributed by atoms with Crippen LogP contribution >= 0.6 is 34.7 Å². The van der Waals surface area contributed by atoms with Crippen LogP contribution in [0.5, 0.6) is 11.5 Å². The molecule has 3 amide bonds. The number of anilines is 1. The third-order valence-electron chi connectivity index (χ3n) is 8.90. The van der Waals surface area contributed by atoms with Crippen molar-refractivity contribution < 1.29 is 39.0 Å². The molecule has 1 aromatic heterocycles. The average molecular weight is 677 g/mol. The molecule has 0 spiro atoms. The summed E-state index contributed by atoms with van der Waals surface area (Å²) in [5, 5.41) is 41.9. The Morgan fingerprint density at radius 1 is 1.24 bits per heavy atom. The fourth-order valence-electron chi connectivity index (χ4n) is 6.57. The van der Waals surface area contributed by atoms with Crippen molar-refractivity contribution in [2.75, 3.05) is 50.8 Å². The Bertz CT molecular complexity index is 1670. The standard InChI is InChI=1S/C28H30ClN7O7S2/c29-18-14-3-4-34(24(40)15(14)9-17(37)22(18)38)5-8-36(6-1-2-7-36)10-13-11-44-26-20(25(41)35(26)21(13)27(42)43)33-23(39)19(30)16-12-45-28(31)32-16/h9,12,20,26H,1-8,10-11H2,(H6-,30,31,32,33,37,38,39,40,42,43)/p+1/t20-,26-/m1/s1. The molecular weight excluding hydrogens is 646 g/mol. The number of hydrogen-bond acceptors (Lipinski definition) is 11. The van der Waals surface area contributed by atoms with Crippen LogP contribution in [0.25, 0.3) is 0 Å². The average Bonchev–Trinajstić information content (AvgIpc) is 3.67. The van der Waals surface area contributed by atoms with Crippen LogP contribution in [-0.4, -0.2) is 120 Å². The molecule has 0 radical (unpaired) electrons. The van der Waals surface area contributed by atoms with Crippen LogP contribution < -0.4 is 11.1 Å². The highest BCUT2D eigenvalue weighted by Crippen LogP contribution is 2.42. The number of carbonyl (C=O) groups excluding carboxylic acids is 3. The number of β-lactam (4-membered cyclic amide) rings is 1. The number of nitrogen functional groups attached to an aromatic ring is 1. The molecule has 45 heavy (non-hydrogen) atoms. The molecule has 2 saturated heterocycles. The highest BCUT2D eigenvalue weighted by atomic mass is 35.5. The van der Waals surface area contributed by atoms with E-state index in [2.05, 4.69) is 10.3 Å². The van der Waals surface area contributed by atoms with Crippen LogP contribution in [-0.2, 0) is 20.8 Å². The number of carboxylic acid groups (broad SMARTS) is 1. The summed E-state index contributed by atoms with van der Waals surface area (Å²) < 4.78 is 0.561. The minimum atomic E-state index is -1.22. The Kier molecular flexibility index (Phi) is 8.18. The Morgan fingerprint density at radius 3 is 2.64 bits per heavy atom. The van der Waals surface area contributed by atoms with Crippen LogP contribution in [0.3, 0.4) is 0 Å². The van der Waals surface area contributed by atoms with Crippen molar-refractivity contribution in [2.45, 2.75) is 30.7 Å². The largest absolute Gasteiger partial charge is 0.504 e. The van der Waals surface area contributed by atoms with Gasteiger partial charge in [-0.15, -0.1) is 23.1 Å². The van der Waals surface area contributed by atoms with Gasteiger partial charge in [0, 0.05) is 41.7 Å². The van der Waals surface area contributed by atoms with Gasteiger partial charge in [-0.3, -0.25) is 24.7 Å². The smallest absolute Gasteiger partial charge is 0.352 e. The van der Waals surface area contributed by atoms with Gasteiger partial charge in [0.15, 0.2) is 16.6 Å². The first-order valence-corrected chi connectivity index (χ1v) is 16.6. The second kappa shape index (κ2) is 11.8. The van der Waals surface area contributed by atoms with E-state index in [9.17, 15) is 34.5 Å². The maximum Gasteiger partial charge on any atom is 0.352 e. The maximum atomic E-state index is 13.3. The highest BCUT2D eigenvalue weighted by molar-refractivity contribution is 8.00. The van der Waals surface area contributed by atoms with Gasteiger partial charge in [-0.25, -0.2) is 9.78 Å². The number of likely N-dealkylation sites (tertiary alicyclic amines) is 1. The second-order valence-electron chi connectivity index (χ2n) is 11.6. The number of rotatable bonds is 9. The molecule has 2 atom stereocenters. The second-order valence-corrected chi connectivity index (χ2v) is 13.9. The number of benzene rings is 1. The van der Waals surface area contributed by atoms with Crippen LogP contribution in [0.1, 0.15) is 34.5 Å². The lowest BCUT2D eigenvalue weighted by molar-refractivity contribution is -0.911. The van der Waals surface area contributed by atoms with E-state index in [1.54, 1.807) is 4.90 Å². The predicted molar refractivity (Wildman–Crippen MR) is 166 cm³/mol. The van der Waals surface area contributed by atoms with E-state index in [1.165, 1.54) is 28.1 Å². The Hall–Kier alpha value is -3.86. The zero-order valence-electron chi connectivity index (χ0n) is 23.9. The van der Waals surface area contributed by atoms with Gasteiger partial charge in [-0.05, 0) is 18.1 Å². The number of nitrogens with zero attached hydrogens (tertiary/aromatic N) is 4. The summed E-state index contributed by atoms with van der Waals surface area (Å²) in [4.78, 5) is 58.6. The molecule has 14 nitrogen and oxygen atoms in total. The summed E-state index contributed by atoms with van der Waals surface area (Å²) in [7, 11) is 0. The van der Waals surface area contributed by atoms with E-state index in [0.717, 1.165) is 37.3 Å². The third kappa shape index (κ3) is 5.49. The number of nitrogens with one attached hydrogen (secondary N) is 2. The van der Waals surface area contributed by atoms with Gasteiger partial charge >= 0.3 is 5.97 Å². The maximum absolute atomic E-state index is 13.3. The van der Waals surface area contributed by atoms with Gasteiger partial charge in [0.2, 0.25) is 0 Å². The summed E-state index contributed by atoms with van der Waals surface area (Å²) in [5.41, 5.74) is 6.57. The summed E-state index contributed by atoms with van der Waals surface area (Å²) in [5.74, 6) is -3.42. The minimum Gasteiger partial charge on any atom is -0.504 e. The van der Waals surface area contributed by atoms with Crippen molar-refractivity contribution in [3.8, 4) is 11.5 Å². The van der Waals surface area contributed by atoms with Crippen molar-refractivity contribution in [3.63, 3.8) is 0 Å². The van der Waals surface area contributed by atoms with Crippen LogP contribution in [0, 0.1) is 5.41 Å². The van der Waals surface area contributed by atoms with Gasteiger partial charge in [0.1, 0.15) is 35.1 Å². The molecule has 6 rings (SSSR count). The van der Waals surface area contributed by atoms with E-state index in [1.807, 2.05) is 0 Å². The molecule has 17 heteroatoms. The van der Waals surface area contributed by atoms with Crippen LogP contribution in [0.15, 0.2) is 22.7 Å². The number of nitrogens with two attached hydrogens (primary N) is 1. The number of phenolic OH excluding ortho intramolecular Hbond substituents is 2. The van der Waals surface area contributed by atoms with E-state index in [-0.39, 0.29) is 33.0 Å². The molecule has 4 aliphatic heterocycles. The summed E-state index contributed by atoms with van der Waals surface area (Å²) in [6, 6.07) is 0.259. The molecule has 7 N–H and O–H groups in total. The Labute approximate surface area is 270 Å². The highest BCUT2D eigenvalue weighted by Gasteiger charge is 2.55. The molecule has 0 bridgehead atoms. The third-order valence-corrected chi connectivity index (χ3v) is 11.3. The lowest BCUT2D eigenvalue weighted by atomic mass is 9.97. The zero-order valence-corrected chi connectivity index (χ0v) is 26.3. The van der Waals surface area contributed by atoms with Crippen LogP contribution in [0.2, 0.25) is 5.02 Å². The van der Waals surface area contributed by atoms with Crippen molar-refractivity contribution >= 4 is 69.2 Å². The number of quaternary nitrogens is 1. The fraction of sp³-hybridized carbons (Fsp3) is 0.429. The van der Waals surface area contributed by atoms with E-state index in [4.69, 9.17) is 22.7 Å². The number of thiazole rings is 1. The lowest BCUT2D eigenvalue weighted by Crippen LogP contribution is -2.71.